The number of carbonyl (C=O) groups is 1. The Hall–Kier alpha value is -2.35. The highest BCUT2D eigenvalue weighted by molar-refractivity contribution is 5.65. The van der Waals surface area contributed by atoms with E-state index >= 15 is 0 Å². The van der Waals surface area contributed by atoms with E-state index in [1.54, 1.807) is 12.1 Å². The first-order valence-electron chi connectivity index (χ1n) is 7.96. The number of likely N-dealkylation sites (tertiary alicyclic amines) is 1. The fraction of sp³-hybridized carbons (Fsp3) is 0.562. The Labute approximate surface area is 140 Å². The number of hydrogen-bond acceptors (Lipinski definition) is 5. The smallest absolute Gasteiger partial charge is 0.407 e. The van der Waals surface area contributed by atoms with Crippen LogP contribution in [0.5, 0.6) is 5.75 Å². The number of hydrogen-bond donors (Lipinski definition) is 2. The van der Waals surface area contributed by atoms with Gasteiger partial charge in [0.25, 0.3) is 5.69 Å². The van der Waals surface area contributed by atoms with Crippen molar-refractivity contribution in [2.24, 2.45) is 0 Å². The van der Waals surface area contributed by atoms with Crippen LogP contribution in [0, 0.1) is 10.1 Å². The standard InChI is InChI=1S/C16H23N3O5/c1-11(10-17-12-5-7-18(8-6-12)16(20)21)14-9-13(24-2)3-4-15(14)19(22)23/h3-4,9,11-12,17H,5-8,10H2,1-2H3,(H,20,21). The van der Waals surface area contributed by atoms with E-state index in [1.165, 1.54) is 18.1 Å². The van der Waals surface area contributed by atoms with Crippen molar-refractivity contribution in [3.63, 3.8) is 0 Å². The molecule has 1 aliphatic heterocycles. The highest BCUT2D eigenvalue weighted by Gasteiger charge is 2.24. The quantitative estimate of drug-likeness (QED) is 0.610. The number of nitrogens with one attached hydrogen (secondary N) is 1. The van der Waals surface area contributed by atoms with Crippen molar-refractivity contribution in [2.75, 3.05) is 26.7 Å². The van der Waals surface area contributed by atoms with Gasteiger partial charge < -0.3 is 20.1 Å². The summed E-state index contributed by atoms with van der Waals surface area (Å²) in [7, 11) is 1.53. The van der Waals surface area contributed by atoms with Gasteiger partial charge in [0, 0.05) is 43.2 Å². The third-order valence-corrected chi connectivity index (χ3v) is 4.44. The normalized spacial score (nSPS) is 16.7. The summed E-state index contributed by atoms with van der Waals surface area (Å²) in [5.41, 5.74) is 0.723. The minimum atomic E-state index is -0.881. The number of nitrogens with zero attached hydrogens (tertiary/aromatic N) is 2. The Balaban J connectivity index is 1.96. The second kappa shape index (κ2) is 7.96. The molecule has 1 unspecified atom stereocenters. The first kappa shape index (κ1) is 18.0. The summed E-state index contributed by atoms with van der Waals surface area (Å²) in [4.78, 5) is 23.2. The zero-order valence-electron chi connectivity index (χ0n) is 13.9. The Morgan fingerprint density at radius 1 is 1.50 bits per heavy atom. The highest BCUT2D eigenvalue weighted by Crippen LogP contribution is 2.30. The van der Waals surface area contributed by atoms with Crippen LogP contribution in [0.25, 0.3) is 0 Å². The molecule has 2 N–H and O–H groups in total. The summed E-state index contributed by atoms with van der Waals surface area (Å²) in [5, 5.41) is 23.6. The van der Waals surface area contributed by atoms with Gasteiger partial charge in [0.05, 0.1) is 12.0 Å². The van der Waals surface area contributed by atoms with Crippen LogP contribution < -0.4 is 10.1 Å². The first-order valence-corrected chi connectivity index (χ1v) is 7.96. The Morgan fingerprint density at radius 2 is 2.17 bits per heavy atom. The number of benzene rings is 1. The molecule has 8 nitrogen and oxygen atoms in total. The zero-order chi connectivity index (χ0) is 17.7. The van der Waals surface area contributed by atoms with Crippen molar-refractivity contribution in [3.8, 4) is 5.75 Å². The molecule has 1 amide bonds. The molecular formula is C16H23N3O5. The maximum Gasteiger partial charge on any atom is 0.407 e. The van der Waals surface area contributed by atoms with Crippen LogP contribution in [0.2, 0.25) is 0 Å². The lowest BCUT2D eigenvalue weighted by molar-refractivity contribution is -0.385. The number of carboxylic acid groups (broad SMARTS) is 1. The summed E-state index contributed by atoms with van der Waals surface area (Å²) in [6, 6.07) is 4.99. The average Bonchev–Trinajstić information content (AvgIpc) is 2.59. The van der Waals surface area contributed by atoms with Crippen LogP contribution in [0.15, 0.2) is 18.2 Å². The number of methoxy groups -OCH3 is 1. The molecule has 24 heavy (non-hydrogen) atoms. The van der Waals surface area contributed by atoms with Gasteiger partial charge in [0.15, 0.2) is 0 Å². The maximum absolute atomic E-state index is 11.2. The fourth-order valence-corrected chi connectivity index (χ4v) is 2.95. The summed E-state index contributed by atoms with van der Waals surface area (Å²) in [6.45, 7) is 3.55. The molecule has 0 spiro atoms. The van der Waals surface area contributed by atoms with E-state index < -0.39 is 6.09 Å². The lowest BCUT2D eigenvalue weighted by Gasteiger charge is -2.31. The lowest BCUT2D eigenvalue weighted by Crippen LogP contribution is -2.45. The van der Waals surface area contributed by atoms with Crippen molar-refractivity contribution in [1.82, 2.24) is 10.2 Å². The van der Waals surface area contributed by atoms with Crippen molar-refractivity contribution >= 4 is 11.8 Å². The minimum Gasteiger partial charge on any atom is -0.497 e. The monoisotopic (exact) mass is 337 g/mol. The number of piperidine rings is 1. The zero-order valence-corrected chi connectivity index (χ0v) is 13.9. The Morgan fingerprint density at radius 3 is 2.71 bits per heavy atom. The molecule has 0 aliphatic carbocycles. The third kappa shape index (κ3) is 4.35. The molecule has 0 saturated carbocycles. The van der Waals surface area contributed by atoms with Crippen molar-refractivity contribution in [2.45, 2.75) is 31.7 Å². The Bertz CT molecular complexity index is 599. The predicted molar refractivity (Wildman–Crippen MR) is 88.7 cm³/mol. The molecule has 8 heteroatoms. The molecule has 0 bridgehead atoms. The molecule has 0 aromatic heterocycles. The summed E-state index contributed by atoms with van der Waals surface area (Å²) in [5.74, 6) is 0.537. The van der Waals surface area contributed by atoms with E-state index in [0.29, 0.717) is 30.9 Å². The fourth-order valence-electron chi connectivity index (χ4n) is 2.95. The van der Waals surface area contributed by atoms with Crippen molar-refractivity contribution in [1.29, 1.82) is 0 Å². The summed E-state index contributed by atoms with van der Waals surface area (Å²) in [6.07, 6.45) is 0.618. The average molecular weight is 337 g/mol. The van der Waals surface area contributed by atoms with Crippen LogP contribution in [-0.4, -0.2) is 53.8 Å². The Kier molecular flexibility index (Phi) is 5.97. The molecule has 1 aliphatic rings. The van der Waals surface area contributed by atoms with Gasteiger partial charge in [0.1, 0.15) is 5.75 Å². The molecule has 0 radical (unpaired) electrons. The highest BCUT2D eigenvalue weighted by atomic mass is 16.6. The molecule has 2 rings (SSSR count). The van der Waals surface area contributed by atoms with Crippen molar-refractivity contribution < 1.29 is 19.6 Å². The SMILES string of the molecule is COc1ccc([N+](=O)[O-])c(C(C)CNC2CCN(C(=O)O)CC2)c1. The van der Waals surface area contributed by atoms with E-state index in [2.05, 4.69) is 5.32 Å². The minimum absolute atomic E-state index is 0.0574. The maximum atomic E-state index is 11.2. The second-order valence-electron chi connectivity index (χ2n) is 6.04. The van der Waals surface area contributed by atoms with Gasteiger partial charge in [0.2, 0.25) is 0 Å². The number of nitro groups is 1. The largest absolute Gasteiger partial charge is 0.497 e. The van der Waals surface area contributed by atoms with Gasteiger partial charge in [-0.25, -0.2) is 4.79 Å². The van der Waals surface area contributed by atoms with E-state index in [4.69, 9.17) is 9.84 Å². The van der Waals surface area contributed by atoms with E-state index in [0.717, 1.165) is 12.8 Å². The number of amides is 1. The van der Waals surface area contributed by atoms with Gasteiger partial charge >= 0.3 is 6.09 Å². The lowest BCUT2D eigenvalue weighted by atomic mass is 9.97. The van der Waals surface area contributed by atoms with Gasteiger partial charge in [-0.1, -0.05) is 6.92 Å². The van der Waals surface area contributed by atoms with Crippen LogP contribution >= 0.6 is 0 Å². The van der Waals surface area contributed by atoms with Gasteiger partial charge in [-0.15, -0.1) is 0 Å². The molecule has 132 valence electrons. The van der Waals surface area contributed by atoms with Crippen LogP contribution in [0.1, 0.15) is 31.2 Å². The molecular weight excluding hydrogens is 314 g/mol. The van der Waals surface area contributed by atoms with Crippen LogP contribution in [0.4, 0.5) is 10.5 Å². The van der Waals surface area contributed by atoms with Gasteiger partial charge in [-0.3, -0.25) is 10.1 Å². The van der Waals surface area contributed by atoms with Gasteiger partial charge in [-0.2, -0.15) is 0 Å². The van der Waals surface area contributed by atoms with Crippen LogP contribution in [0.3, 0.4) is 0 Å². The number of rotatable bonds is 6. The molecule has 1 atom stereocenters. The number of ether oxygens (including phenoxy) is 1. The first-order chi connectivity index (χ1) is 11.4. The van der Waals surface area contributed by atoms with Gasteiger partial charge in [-0.05, 0) is 25.0 Å². The predicted octanol–water partition coefficient (Wildman–Crippen LogP) is 2.44. The summed E-state index contributed by atoms with van der Waals surface area (Å²) >= 11 is 0. The van der Waals surface area contributed by atoms with Crippen molar-refractivity contribution in [3.05, 3.63) is 33.9 Å². The molecule has 1 saturated heterocycles. The third-order valence-electron chi connectivity index (χ3n) is 4.44. The summed E-state index contributed by atoms with van der Waals surface area (Å²) < 4.78 is 5.16. The molecule has 1 fully saturated rings. The molecule has 1 aromatic carbocycles. The van der Waals surface area contributed by atoms with E-state index in [9.17, 15) is 14.9 Å². The molecule has 1 heterocycles. The van der Waals surface area contributed by atoms with E-state index in [1.807, 2.05) is 6.92 Å². The van der Waals surface area contributed by atoms with Crippen LogP contribution in [-0.2, 0) is 0 Å². The topological polar surface area (TPSA) is 105 Å². The molecule has 1 aromatic rings. The second-order valence-corrected chi connectivity index (χ2v) is 6.04. The van der Waals surface area contributed by atoms with E-state index in [-0.39, 0.29) is 22.6 Å². The number of nitro benzene ring substituents is 1.